The average molecular weight is 537 g/mol. The molecule has 40 heavy (non-hydrogen) atoms. The van der Waals surface area contributed by atoms with Crippen LogP contribution >= 0.6 is 0 Å². The van der Waals surface area contributed by atoms with E-state index in [9.17, 15) is 0 Å². The van der Waals surface area contributed by atoms with Crippen LogP contribution in [0.2, 0.25) is 0 Å². The second-order valence-electron chi connectivity index (χ2n) is 10.5. The minimum atomic E-state index is 0.624. The Labute approximate surface area is 237 Å². The number of nitrogens with one attached hydrogen (secondary N) is 2. The second-order valence-corrected chi connectivity index (χ2v) is 10.5. The summed E-state index contributed by atoms with van der Waals surface area (Å²) < 4.78 is 13.4. The van der Waals surface area contributed by atoms with Crippen molar-refractivity contribution in [2.24, 2.45) is 0 Å². The van der Waals surface area contributed by atoms with Gasteiger partial charge in [0.15, 0.2) is 11.5 Å². The van der Waals surface area contributed by atoms with E-state index in [1.54, 1.807) is 7.11 Å². The van der Waals surface area contributed by atoms with E-state index in [0.717, 1.165) is 60.0 Å². The number of fused-ring (bicyclic) bond motifs is 3. The Morgan fingerprint density at radius 1 is 0.850 bits per heavy atom. The fourth-order valence-electron chi connectivity index (χ4n) is 5.79. The summed E-state index contributed by atoms with van der Waals surface area (Å²) in [4.78, 5) is 5.08. The molecule has 0 spiro atoms. The van der Waals surface area contributed by atoms with Crippen LogP contribution in [0.15, 0.2) is 60.8 Å². The average Bonchev–Trinajstić information content (AvgIpc) is 3.24. The number of nitrogens with zero attached hydrogens (tertiary/aromatic N) is 2. The smallest absolute Gasteiger partial charge is 0.161 e. The molecule has 3 aromatic heterocycles. The number of aromatic nitrogens is 2. The largest absolute Gasteiger partial charge is 0.493 e. The maximum absolute atomic E-state index is 5.64. The maximum atomic E-state index is 5.64. The highest BCUT2D eigenvalue weighted by Gasteiger charge is 2.20. The Kier molecular flexibility index (Phi) is 8.27. The van der Waals surface area contributed by atoms with Gasteiger partial charge in [-0.15, -0.1) is 0 Å². The molecular weight excluding hydrogens is 496 g/mol. The third kappa shape index (κ3) is 5.50. The molecule has 2 N–H and O–H groups in total. The number of hydrogen-bond donors (Lipinski definition) is 2. The summed E-state index contributed by atoms with van der Waals surface area (Å²) >= 11 is 0. The minimum Gasteiger partial charge on any atom is -0.493 e. The molecule has 0 saturated carbocycles. The zero-order chi connectivity index (χ0) is 28.2. The molecule has 0 aliphatic carbocycles. The topological polar surface area (TPSA) is 59.8 Å². The Morgan fingerprint density at radius 2 is 1.65 bits per heavy atom. The first kappa shape index (κ1) is 27.5. The van der Waals surface area contributed by atoms with Crippen molar-refractivity contribution >= 4 is 22.2 Å². The molecule has 0 aliphatic rings. The van der Waals surface area contributed by atoms with Gasteiger partial charge in [-0.1, -0.05) is 29.8 Å². The van der Waals surface area contributed by atoms with Crippen molar-refractivity contribution in [1.82, 2.24) is 14.7 Å². The molecule has 0 atom stereocenters. The van der Waals surface area contributed by atoms with Gasteiger partial charge in [0.05, 0.1) is 36.0 Å². The number of rotatable bonds is 11. The van der Waals surface area contributed by atoms with Gasteiger partial charge in [0.25, 0.3) is 0 Å². The van der Waals surface area contributed by atoms with Gasteiger partial charge in [0.2, 0.25) is 0 Å². The van der Waals surface area contributed by atoms with Gasteiger partial charge in [-0.05, 0) is 100 Å². The molecular formula is C34H40N4O2. The van der Waals surface area contributed by atoms with Crippen LogP contribution in [0, 0.1) is 27.7 Å². The lowest BCUT2D eigenvalue weighted by Gasteiger charge is -2.13. The molecule has 0 unspecified atom stereocenters. The van der Waals surface area contributed by atoms with Gasteiger partial charge in [-0.2, -0.15) is 0 Å². The molecule has 5 aromatic rings. The highest BCUT2D eigenvalue weighted by atomic mass is 16.5. The van der Waals surface area contributed by atoms with Crippen LogP contribution in [0.1, 0.15) is 34.9 Å². The van der Waals surface area contributed by atoms with E-state index in [0.29, 0.717) is 6.61 Å². The van der Waals surface area contributed by atoms with Crippen LogP contribution in [-0.4, -0.2) is 42.7 Å². The first-order valence-electron chi connectivity index (χ1n) is 14.1. The standard InChI is InChI=1S/C34H40N4O2/c1-7-40-29-12-11-26(21-30(29)39-6)13-14-35-15-16-36-27-20-25(5)37-33-32(28-10-8-9-17-38(28)34(27)33)31-23(3)18-22(2)19-24(31)4/h8-12,17-21,35H,7,13-16H2,1-6H3,(H,36,37). The molecule has 0 amide bonds. The number of anilines is 1. The van der Waals surface area contributed by atoms with E-state index in [-0.39, 0.29) is 0 Å². The predicted molar refractivity (Wildman–Crippen MR) is 166 cm³/mol. The van der Waals surface area contributed by atoms with Crippen molar-refractivity contribution < 1.29 is 9.47 Å². The van der Waals surface area contributed by atoms with E-state index in [4.69, 9.17) is 14.5 Å². The first-order valence-corrected chi connectivity index (χ1v) is 14.1. The van der Waals surface area contributed by atoms with Gasteiger partial charge < -0.3 is 24.5 Å². The summed E-state index contributed by atoms with van der Waals surface area (Å²) in [7, 11) is 1.68. The first-order chi connectivity index (χ1) is 19.4. The highest BCUT2D eigenvalue weighted by molar-refractivity contribution is 6.08. The Balaban J connectivity index is 1.34. The lowest BCUT2D eigenvalue weighted by atomic mass is 9.93. The molecule has 2 aromatic carbocycles. The summed E-state index contributed by atoms with van der Waals surface area (Å²) in [6, 6.07) is 19.3. The fraction of sp³-hybridized carbons (Fsp3) is 0.324. The summed E-state index contributed by atoms with van der Waals surface area (Å²) in [5.41, 5.74) is 13.0. The molecule has 5 rings (SSSR count). The summed E-state index contributed by atoms with van der Waals surface area (Å²) in [5.74, 6) is 1.58. The maximum Gasteiger partial charge on any atom is 0.161 e. The normalized spacial score (nSPS) is 11.3. The molecule has 6 heteroatoms. The van der Waals surface area contributed by atoms with Gasteiger partial charge >= 0.3 is 0 Å². The Morgan fingerprint density at radius 3 is 2.40 bits per heavy atom. The molecule has 0 aliphatic heterocycles. The fourth-order valence-corrected chi connectivity index (χ4v) is 5.79. The van der Waals surface area contributed by atoms with Crippen LogP contribution in [0.4, 0.5) is 5.69 Å². The molecule has 208 valence electrons. The highest BCUT2D eigenvalue weighted by Crippen LogP contribution is 2.40. The van der Waals surface area contributed by atoms with Gasteiger partial charge in [0, 0.05) is 30.5 Å². The summed E-state index contributed by atoms with van der Waals surface area (Å²) in [6.45, 7) is 13.8. The lowest BCUT2D eigenvalue weighted by Crippen LogP contribution is -2.24. The molecule has 0 fully saturated rings. The summed E-state index contributed by atoms with van der Waals surface area (Å²) in [6.07, 6.45) is 3.06. The Hall–Kier alpha value is -4.03. The van der Waals surface area contributed by atoms with Crippen LogP contribution in [-0.2, 0) is 6.42 Å². The van der Waals surface area contributed by atoms with Crippen LogP contribution < -0.4 is 20.1 Å². The monoisotopic (exact) mass is 536 g/mol. The zero-order valence-electron chi connectivity index (χ0n) is 24.5. The number of pyridine rings is 2. The number of hydrogen-bond acceptors (Lipinski definition) is 5. The van der Waals surface area contributed by atoms with E-state index < -0.39 is 0 Å². The van der Waals surface area contributed by atoms with Crippen LogP contribution in [0.25, 0.3) is 27.7 Å². The molecule has 6 nitrogen and oxygen atoms in total. The number of ether oxygens (including phenoxy) is 2. The zero-order valence-corrected chi connectivity index (χ0v) is 24.5. The molecule has 0 radical (unpaired) electrons. The van der Waals surface area contributed by atoms with Crippen LogP contribution in [0.3, 0.4) is 0 Å². The summed E-state index contributed by atoms with van der Waals surface area (Å²) in [5, 5.41) is 7.28. The lowest BCUT2D eigenvalue weighted by molar-refractivity contribution is 0.310. The van der Waals surface area contributed by atoms with Gasteiger partial charge in [-0.3, -0.25) is 4.98 Å². The molecule has 0 saturated heterocycles. The van der Waals surface area contributed by atoms with Crippen molar-refractivity contribution in [2.45, 2.75) is 41.0 Å². The van der Waals surface area contributed by atoms with Gasteiger partial charge in [0.1, 0.15) is 0 Å². The molecule has 3 heterocycles. The minimum absolute atomic E-state index is 0.624. The number of aryl methyl sites for hydroxylation is 4. The van der Waals surface area contributed by atoms with Crippen molar-refractivity contribution in [3.05, 3.63) is 88.7 Å². The van der Waals surface area contributed by atoms with E-state index in [2.05, 4.69) is 97.5 Å². The van der Waals surface area contributed by atoms with Crippen molar-refractivity contribution in [3.63, 3.8) is 0 Å². The SMILES string of the molecule is CCOc1ccc(CCNCCNc2cc(C)nc3c(-c4c(C)cc(C)cc4C)c4ccccn4c23)cc1OC. The van der Waals surface area contributed by atoms with E-state index in [1.165, 1.54) is 38.9 Å². The third-order valence-electron chi connectivity index (χ3n) is 7.38. The van der Waals surface area contributed by atoms with E-state index in [1.807, 2.05) is 13.0 Å². The van der Waals surface area contributed by atoms with E-state index >= 15 is 0 Å². The van der Waals surface area contributed by atoms with Crippen LogP contribution in [0.5, 0.6) is 11.5 Å². The second kappa shape index (κ2) is 12.0. The van der Waals surface area contributed by atoms with Gasteiger partial charge in [-0.25, -0.2) is 0 Å². The number of methoxy groups -OCH3 is 1. The molecule has 0 bridgehead atoms. The third-order valence-corrected chi connectivity index (χ3v) is 7.38. The predicted octanol–water partition coefficient (Wildman–Crippen LogP) is 7.04. The quantitative estimate of drug-likeness (QED) is 0.177. The van der Waals surface area contributed by atoms with Crippen molar-refractivity contribution in [3.8, 4) is 22.6 Å². The Bertz CT molecular complexity index is 1630. The van der Waals surface area contributed by atoms with Crippen molar-refractivity contribution in [1.29, 1.82) is 0 Å². The van der Waals surface area contributed by atoms with Crippen molar-refractivity contribution in [2.75, 3.05) is 38.7 Å². The number of benzene rings is 2.